The molecule has 0 bridgehead atoms. The molecule has 1 saturated heterocycles. The molecule has 1 amide bonds. The highest BCUT2D eigenvalue weighted by molar-refractivity contribution is 6.00. The van der Waals surface area contributed by atoms with E-state index >= 15 is 0 Å². The Hall–Kier alpha value is -3.49. The Morgan fingerprint density at radius 3 is 2.43 bits per heavy atom. The van der Waals surface area contributed by atoms with E-state index in [-0.39, 0.29) is 11.5 Å². The number of carbonyl (C=O) groups excluding carboxylic acids is 1. The smallest absolute Gasteiger partial charge is 0.257 e. The van der Waals surface area contributed by atoms with Crippen molar-refractivity contribution in [2.24, 2.45) is 0 Å². The van der Waals surface area contributed by atoms with E-state index in [1.165, 1.54) is 17.0 Å². The van der Waals surface area contributed by atoms with Gasteiger partial charge in [0.05, 0.1) is 22.2 Å². The van der Waals surface area contributed by atoms with Gasteiger partial charge in [-0.25, -0.2) is 13.8 Å². The number of aromatic nitrogens is 2. The Bertz CT molecular complexity index is 1070. The maximum Gasteiger partial charge on any atom is 0.257 e. The fourth-order valence-corrected chi connectivity index (χ4v) is 3.46. The van der Waals surface area contributed by atoms with Crippen LogP contribution in [0.4, 0.5) is 26.2 Å². The lowest BCUT2D eigenvalue weighted by Crippen LogP contribution is -2.49. The third-order valence-corrected chi connectivity index (χ3v) is 4.84. The molecular formula is C19H18F2N6O. The number of carbonyl (C=O) groups is 1. The van der Waals surface area contributed by atoms with Crippen molar-refractivity contribution in [3.63, 3.8) is 0 Å². The Morgan fingerprint density at radius 2 is 1.68 bits per heavy atom. The van der Waals surface area contributed by atoms with E-state index in [4.69, 9.17) is 11.5 Å². The van der Waals surface area contributed by atoms with E-state index in [0.717, 1.165) is 11.8 Å². The molecule has 0 atom stereocenters. The van der Waals surface area contributed by atoms with E-state index in [9.17, 15) is 13.6 Å². The first kappa shape index (κ1) is 17.9. The van der Waals surface area contributed by atoms with Crippen LogP contribution in [-0.4, -0.2) is 47.0 Å². The number of hydrogen-bond donors (Lipinski definition) is 2. The minimum atomic E-state index is -1.12. The highest BCUT2D eigenvalue weighted by Gasteiger charge is 2.26. The van der Waals surface area contributed by atoms with Crippen molar-refractivity contribution in [3.05, 3.63) is 53.6 Å². The van der Waals surface area contributed by atoms with Gasteiger partial charge < -0.3 is 21.3 Å². The number of nitrogen functional groups attached to an aromatic ring is 2. The summed E-state index contributed by atoms with van der Waals surface area (Å²) >= 11 is 0. The molecule has 28 heavy (non-hydrogen) atoms. The van der Waals surface area contributed by atoms with Crippen molar-refractivity contribution >= 4 is 34.3 Å². The number of nitrogens with two attached hydrogens (primary N) is 2. The Labute approximate surface area is 159 Å². The van der Waals surface area contributed by atoms with Crippen LogP contribution in [0.5, 0.6) is 0 Å². The molecule has 0 unspecified atom stereocenters. The molecule has 1 fully saturated rings. The zero-order chi connectivity index (χ0) is 19.8. The van der Waals surface area contributed by atoms with Gasteiger partial charge in [0.2, 0.25) is 5.95 Å². The van der Waals surface area contributed by atoms with E-state index in [2.05, 4.69) is 14.9 Å². The molecule has 4 rings (SSSR count). The van der Waals surface area contributed by atoms with Gasteiger partial charge >= 0.3 is 0 Å². The molecular weight excluding hydrogens is 366 g/mol. The Balaban J connectivity index is 1.56. The number of halogens is 2. The van der Waals surface area contributed by atoms with Gasteiger partial charge in [-0.1, -0.05) is 12.1 Å². The molecule has 1 aliphatic heterocycles. The Kier molecular flexibility index (Phi) is 4.42. The van der Waals surface area contributed by atoms with Crippen LogP contribution in [0.3, 0.4) is 0 Å². The lowest BCUT2D eigenvalue weighted by atomic mass is 10.1. The summed E-state index contributed by atoms with van der Waals surface area (Å²) in [4.78, 5) is 24.4. The lowest BCUT2D eigenvalue weighted by Gasteiger charge is -2.36. The fraction of sp³-hybridized carbons (Fsp3) is 0.211. The molecule has 9 heteroatoms. The summed E-state index contributed by atoms with van der Waals surface area (Å²) in [5, 5.41) is 0.702. The molecule has 7 nitrogen and oxygen atoms in total. The van der Waals surface area contributed by atoms with Crippen molar-refractivity contribution in [1.29, 1.82) is 0 Å². The molecule has 1 aromatic heterocycles. The summed E-state index contributed by atoms with van der Waals surface area (Å²) in [5.74, 6) is -2.28. The molecule has 2 heterocycles. The van der Waals surface area contributed by atoms with Crippen LogP contribution in [0.2, 0.25) is 0 Å². The van der Waals surface area contributed by atoms with Crippen LogP contribution in [-0.2, 0) is 0 Å². The normalized spacial score (nSPS) is 14.5. The monoisotopic (exact) mass is 384 g/mol. The standard InChI is InChI=1S/C19H18F2N6O/c20-12-4-1-3-11(16(12)21)18(28)27-9-7-26(8-10-27)14-6-2-5-13-15(14)17(22)25-19(23)24-13/h1-6H,7-10H2,(H4,22,23,24,25). The summed E-state index contributed by atoms with van der Waals surface area (Å²) in [7, 11) is 0. The minimum absolute atomic E-state index is 0.106. The number of rotatable bonds is 2. The molecule has 2 aromatic carbocycles. The number of benzene rings is 2. The van der Waals surface area contributed by atoms with Gasteiger partial charge in [0.1, 0.15) is 5.82 Å². The molecule has 1 aliphatic rings. The van der Waals surface area contributed by atoms with Crippen molar-refractivity contribution < 1.29 is 13.6 Å². The molecule has 0 spiro atoms. The number of nitrogens with zero attached hydrogens (tertiary/aromatic N) is 4. The molecule has 0 saturated carbocycles. The van der Waals surface area contributed by atoms with Gasteiger partial charge in [-0.05, 0) is 24.3 Å². The largest absolute Gasteiger partial charge is 0.383 e. The third-order valence-electron chi connectivity index (χ3n) is 4.84. The van der Waals surface area contributed by atoms with Crippen LogP contribution in [0.15, 0.2) is 36.4 Å². The summed E-state index contributed by atoms with van der Waals surface area (Å²) in [6.45, 7) is 1.74. The molecule has 144 valence electrons. The topological polar surface area (TPSA) is 101 Å². The lowest BCUT2D eigenvalue weighted by molar-refractivity contribution is 0.0741. The predicted octanol–water partition coefficient (Wildman–Crippen LogP) is 2.03. The number of amides is 1. The summed E-state index contributed by atoms with van der Waals surface area (Å²) < 4.78 is 27.3. The second-order valence-corrected chi connectivity index (χ2v) is 6.52. The maximum atomic E-state index is 13.9. The number of piperazine rings is 1. The van der Waals surface area contributed by atoms with Crippen LogP contribution in [0, 0.1) is 11.6 Å². The molecule has 4 N–H and O–H groups in total. The zero-order valence-corrected chi connectivity index (χ0v) is 14.9. The first-order chi connectivity index (χ1) is 13.5. The Morgan fingerprint density at radius 1 is 0.964 bits per heavy atom. The average molecular weight is 384 g/mol. The summed E-state index contributed by atoms with van der Waals surface area (Å²) in [5.41, 5.74) is 12.9. The molecule has 3 aromatic rings. The fourth-order valence-electron chi connectivity index (χ4n) is 3.46. The van der Waals surface area contributed by atoms with Crippen LogP contribution >= 0.6 is 0 Å². The third kappa shape index (κ3) is 3.04. The van der Waals surface area contributed by atoms with Gasteiger partial charge in [0.25, 0.3) is 5.91 Å². The molecule has 0 radical (unpaired) electrons. The van der Waals surface area contributed by atoms with Crippen LogP contribution in [0.25, 0.3) is 10.9 Å². The summed E-state index contributed by atoms with van der Waals surface area (Å²) in [6.07, 6.45) is 0. The first-order valence-electron chi connectivity index (χ1n) is 8.75. The highest BCUT2D eigenvalue weighted by atomic mass is 19.2. The second-order valence-electron chi connectivity index (χ2n) is 6.52. The van der Waals surface area contributed by atoms with Gasteiger partial charge in [0.15, 0.2) is 11.6 Å². The van der Waals surface area contributed by atoms with Gasteiger partial charge in [-0.3, -0.25) is 4.79 Å². The average Bonchev–Trinajstić information content (AvgIpc) is 2.69. The first-order valence-corrected chi connectivity index (χ1v) is 8.75. The van der Waals surface area contributed by atoms with E-state index in [0.29, 0.717) is 42.9 Å². The van der Waals surface area contributed by atoms with E-state index < -0.39 is 17.5 Å². The quantitative estimate of drug-likeness (QED) is 0.701. The van der Waals surface area contributed by atoms with Crippen molar-refractivity contribution in [1.82, 2.24) is 14.9 Å². The maximum absolute atomic E-state index is 13.9. The van der Waals surface area contributed by atoms with Crippen LogP contribution < -0.4 is 16.4 Å². The van der Waals surface area contributed by atoms with E-state index in [1.54, 1.807) is 6.07 Å². The number of fused-ring (bicyclic) bond motifs is 1. The van der Waals surface area contributed by atoms with E-state index in [1.807, 2.05) is 12.1 Å². The van der Waals surface area contributed by atoms with Crippen molar-refractivity contribution in [2.45, 2.75) is 0 Å². The van der Waals surface area contributed by atoms with Gasteiger partial charge in [-0.2, -0.15) is 4.98 Å². The predicted molar refractivity (Wildman–Crippen MR) is 103 cm³/mol. The minimum Gasteiger partial charge on any atom is -0.383 e. The van der Waals surface area contributed by atoms with Crippen LogP contribution in [0.1, 0.15) is 10.4 Å². The second kappa shape index (κ2) is 6.91. The van der Waals surface area contributed by atoms with Gasteiger partial charge in [0, 0.05) is 26.2 Å². The SMILES string of the molecule is Nc1nc(N)c2c(N3CCN(C(=O)c4cccc(F)c4F)CC3)cccc2n1. The number of anilines is 3. The van der Waals surface area contributed by atoms with Crippen molar-refractivity contribution in [3.8, 4) is 0 Å². The molecule has 0 aliphatic carbocycles. The highest BCUT2D eigenvalue weighted by Crippen LogP contribution is 2.31. The summed E-state index contributed by atoms with van der Waals surface area (Å²) in [6, 6.07) is 9.17. The van der Waals surface area contributed by atoms with Gasteiger partial charge in [-0.15, -0.1) is 0 Å². The zero-order valence-electron chi connectivity index (χ0n) is 14.9. The van der Waals surface area contributed by atoms with Crippen molar-refractivity contribution in [2.75, 3.05) is 42.5 Å². The number of hydrogen-bond acceptors (Lipinski definition) is 6.